The van der Waals surface area contributed by atoms with Crippen LogP contribution in [0.4, 0.5) is 0 Å². The fraction of sp³-hybridized carbons (Fsp3) is 0.286. The van der Waals surface area contributed by atoms with Crippen LogP contribution in [-0.4, -0.2) is 4.57 Å². The molecule has 0 aliphatic heterocycles. The number of rotatable bonds is 2. The number of nitrogens with zero attached hydrogens (tertiary/aromatic N) is 1. The fourth-order valence-electron chi connectivity index (χ4n) is 2.22. The minimum atomic E-state index is 1.08. The van der Waals surface area contributed by atoms with Gasteiger partial charge in [-0.2, -0.15) is 0 Å². The van der Waals surface area contributed by atoms with Crippen LogP contribution in [0.15, 0.2) is 36.4 Å². The van der Waals surface area contributed by atoms with Crippen molar-refractivity contribution in [3.05, 3.63) is 53.3 Å². The van der Waals surface area contributed by atoms with E-state index in [4.69, 9.17) is 0 Å². The van der Waals surface area contributed by atoms with Gasteiger partial charge in [0.05, 0.1) is 0 Å². The lowest BCUT2D eigenvalue weighted by Crippen LogP contribution is -2.01. The molecule has 0 unspecified atom stereocenters. The maximum Gasteiger partial charge on any atom is 0.0455 e. The van der Waals surface area contributed by atoms with E-state index in [1.54, 1.807) is 0 Å². The van der Waals surface area contributed by atoms with Crippen molar-refractivity contribution in [1.82, 2.24) is 4.57 Å². The standard InChI is InChI=1S/C14H17N/c1-4-14-11(2)10-12(3)15(14)13-8-6-5-7-9-13/h5-10H,4H2,1-3H3. The van der Waals surface area contributed by atoms with Gasteiger partial charge in [-0.25, -0.2) is 0 Å². The Morgan fingerprint density at radius 2 is 1.73 bits per heavy atom. The van der Waals surface area contributed by atoms with Crippen molar-refractivity contribution in [2.75, 3.05) is 0 Å². The second-order valence-corrected chi connectivity index (χ2v) is 3.94. The van der Waals surface area contributed by atoms with Gasteiger partial charge in [-0.3, -0.25) is 0 Å². The minimum Gasteiger partial charge on any atom is -0.318 e. The molecule has 0 atom stereocenters. The summed E-state index contributed by atoms with van der Waals surface area (Å²) in [5.74, 6) is 0. The summed E-state index contributed by atoms with van der Waals surface area (Å²) in [6, 6.07) is 12.8. The third kappa shape index (κ3) is 1.70. The largest absolute Gasteiger partial charge is 0.318 e. The summed E-state index contributed by atoms with van der Waals surface area (Å²) in [6.07, 6.45) is 1.08. The molecule has 1 heterocycles. The average molecular weight is 199 g/mol. The predicted molar refractivity (Wildman–Crippen MR) is 64.6 cm³/mol. The molecule has 2 rings (SSSR count). The van der Waals surface area contributed by atoms with Crippen molar-refractivity contribution in [3.63, 3.8) is 0 Å². The smallest absolute Gasteiger partial charge is 0.0455 e. The summed E-state index contributed by atoms with van der Waals surface area (Å²) in [6.45, 7) is 6.56. The molecule has 0 N–H and O–H groups in total. The summed E-state index contributed by atoms with van der Waals surface area (Å²) >= 11 is 0. The molecule has 78 valence electrons. The quantitative estimate of drug-likeness (QED) is 0.695. The van der Waals surface area contributed by atoms with Gasteiger partial charge in [0.1, 0.15) is 0 Å². The van der Waals surface area contributed by atoms with Crippen LogP contribution in [0.2, 0.25) is 0 Å². The van der Waals surface area contributed by atoms with Gasteiger partial charge in [-0.15, -0.1) is 0 Å². The molecule has 1 nitrogen and oxygen atoms in total. The molecule has 2 aromatic rings. The summed E-state index contributed by atoms with van der Waals surface area (Å²) in [5.41, 5.74) is 5.38. The molecule has 0 aliphatic rings. The number of hydrogen-bond donors (Lipinski definition) is 0. The van der Waals surface area contributed by atoms with Gasteiger partial charge in [-0.1, -0.05) is 25.1 Å². The summed E-state index contributed by atoms with van der Waals surface area (Å²) < 4.78 is 2.34. The molecule has 0 aliphatic carbocycles. The second kappa shape index (κ2) is 3.93. The first-order chi connectivity index (χ1) is 7.24. The summed E-state index contributed by atoms with van der Waals surface area (Å²) in [7, 11) is 0. The van der Waals surface area contributed by atoms with Crippen molar-refractivity contribution in [1.29, 1.82) is 0 Å². The first-order valence-corrected chi connectivity index (χ1v) is 5.47. The van der Waals surface area contributed by atoms with E-state index in [0.717, 1.165) is 6.42 Å². The monoisotopic (exact) mass is 199 g/mol. The van der Waals surface area contributed by atoms with E-state index >= 15 is 0 Å². The molecule has 1 aromatic carbocycles. The first-order valence-electron chi connectivity index (χ1n) is 5.47. The van der Waals surface area contributed by atoms with E-state index in [0.29, 0.717) is 0 Å². The molecule has 0 saturated carbocycles. The Bertz CT molecular complexity index is 452. The predicted octanol–water partition coefficient (Wildman–Crippen LogP) is 3.66. The molecule has 0 spiro atoms. The lowest BCUT2D eigenvalue weighted by molar-refractivity contribution is 0.899. The highest BCUT2D eigenvalue weighted by Crippen LogP contribution is 2.20. The van der Waals surface area contributed by atoms with Gasteiger partial charge in [0, 0.05) is 17.1 Å². The average Bonchev–Trinajstić information content (AvgIpc) is 2.54. The third-order valence-electron chi connectivity index (χ3n) is 2.85. The molecule has 0 fully saturated rings. The Hall–Kier alpha value is -1.50. The van der Waals surface area contributed by atoms with Gasteiger partial charge < -0.3 is 4.57 Å². The van der Waals surface area contributed by atoms with Crippen LogP contribution < -0.4 is 0 Å². The normalized spacial score (nSPS) is 10.6. The van der Waals surface area contributed by atoms with E-state index in [9.17, 15) is 0 Å². The van der Waals surface area contributed by atoms with Crippen molar-refractivity contribution < 1.29 is 0 Å². The van der Waals surface area contributed by atoms with Crippen LogP contribution in [0, 0.1) is 13.8 Å². The van der Waals surface area contributed by atoms with Crippen LogP contribution in [-0.2, 0) is 6.42 Å². The van der Waals surface area contributed by atoms with E-state index in [2.05, 4.69) is 61.7 Å². The Balaban J connectivity index is 2.62. The van der Waals surface area contributed by atoms with Gasteiger partial charge >= 0.3 is 0 Å². The highest BCUT2D eigenvalue weighted by atomic mass is 15.0. The first kappa shape index (κ1) is 10.0. The van der Waals surface area contributed by atoms with Crippen molar-refractivity contribution in [2.24, 2.45) is 0 Å². The zero-order chi connectivity index (χ0) is 10.8. The molecule has 1 heteroatoms. The summed E-state index contributed by atoms with van der Waals surface area (Å²) in [5, 5.41) is 0. The van der Waals surface area contributed by atoms with Crippen molar-refractivity contribution in [3.8, 4) is 5.69 Å². The van der Waals surface area contributed by atoms with E-state index in [1.165, 1.54) is 22.6 Å². The van der Waals surface area contributed by atoms with E-state index < -0.39 is 0 Å². The van der Waals surface area contributed by atoms with Crippen LogP contribution in [0.1, 0.15) is 23.9 Å². The molecule has 0 saturated heterocycles. The zero-order valence-electron chi connectivity index (χ0n) is 9.62. The van der Waals surface area contributed by atoms with E-state index in [-0.39, 0.29) is 0 Å². The zero-order valence-corrected chi connectivity index (χ0v) is 9.62. The number of para-hydroxylation sites is 1. The molecule has 0 bridgehead atoms. The maximum atomic E-state index is 2.34. The van der Waals surface area contributed by atoms with Gasteiger partial charge in [0.25, 0.3) is 0 Å². The Kier molecular flexibility index (Phi) is 2.63. The molecule has 0 amide bonds. The highest BCUT2D eigenvalue weighted by Gasteiger charge is 2.08. The maximum absolute atomic E-state index is 2.34. The third-order valence-corrected chi connectivity index (χ3v) is 2.85. The number of aryl methyl sites for hydroxylation is 2. The molecule has 1 aromatic heterocycles. The van der Waals surface area contributed by atoms with Gasteiger partial charge in [-0.05, 0) is 44.0 Å². The van der Waals surface area contributed by atoms with Crippen LogP contribution in [0.25, 0.3) is 5.69 Å². The lowest BCUT2D eigenvalue weighted by atomic mass is 10.2. The minimum absolute atomic E-state index is 1.08. The molecular weight excluding hydrogens is 182 g/mol. The number of aromatic nitrogens is 1. The lowest BCUT2D eigenvalue weighted by Gasteiger charge is -2.10. The van der Waals surface area contributed by atoms with Gasteiger partial charge in [0.15, 0.2) is 0 Å². The number of hydrogen-bond acceptors (Lipinski definition) is 0. The van der Waals surface area contributed by atoms with Crippen LogP contribution in [0.3, 0.4) is 0 Å². The van der Waals surface area contributed by atoms with Crippen molar-refractivity contribution >= 4 is 0 Å². The van der Waals surface area contributed by atoms with Crippen LogP contribution in [0.5, 0.6) is 0 Å². The SMILES string of the molecule is CCc1c(C)cc(C)n1-c1ccccc1. The molecular formula is C14H17N. The van der Waals surface area contributed by atoms with E-state index in [1.807, 2.05) is 0 Å². The van der Waals surface area contributed by atoms with Crippen molar-refractivity contribution in [2.45, 2.75) is 27.2 Å². The van der Waals surface area contributed by atoms with Gasteiger partial charge in [0.2, 0.25) is 0 Å². The van der Waals surface area contributed by atoms with Crippen LogP contribution >= 0.6 is 0 Å². The fourth-order valence-corrected chi connectivity index (χ4v) is 2.22. The molecule has 0 radical (unpaired) electrons. The molecule has 15 heavy (non-hydrogen) atoms. The Labute approximate surface area is 91.4 Å². The highest BCUT2D eigenvalue weighted by molar-refractivity contribution is 5.40. The second-order valence-electron chi connectivity index (χ2n) is 3.94. The number of benzene rings is 1. The summed E-state index contributed by atoms with van der Waals surface area (Å²) in [4.78, 5) is 0. The Morgan fingerprint density at radius 1 is 1.07 bits per heavy atom. The Morgan fingerprint density at radius 3 is 2.33 bits per heavy atom. The topological polar surface area (TPSA) is 4.93 Å².